The molecule has 6 nitrogen and oxygen atoms in total. The van der Waals surface area contributed by atoms with Crippen LogP contribution in [0.4, 0.5) is 4.79 Å². The number of para-hydroxylation sites is 1. The number of carbonyl (C=O) groups excluding carboxylic acids is 2. The molecular formula is C15H18N4O2S. The number of nitrogens with one attached hydrogen (secondary N) is 2. The Morgan fingerprint density at radius 3 is 3.00 bits per heavy atom. The van der Waals surface area contributed by atoms with Gasteiger partial charge in [0.05, 0.1) is 22.8 Å². The molecule has 7 heteroatoms. The van der Waals surface area contributed by atoms with Gasteiger partial charge in [0.25, 0.3) is 0 Å². The largest absolute Gasteiger partial charge is 0.341 e. The summed E-state index contributed by atoms with van der Waals surface area (Å²) in [5.41, 5.74) is 1.00. The van der Waals surface area contributed by atoms with Gasteiger partial charge in [-0.1, -0.05) is 12.1 Å². The Hall–Kier alpha value is -1.99. The van der Waals surface area contributed by atoms with Gasteiger partial charge >= 0.3 is 6.03 Å². The Bertz CT molecular complexity index is 667. The van der Waals surface area contributed by atoms with E-state index < -0.39 is 6.03 Å². The van der Waals surface area contributed by atoms with Crippen molar-refractivity contribution in [1.29, 1.82) is 0 Å². The first-order valence-electron chi connectivity index (χ1n) is 7.28. The highest BCUT2D eigenvalue weighted by molar-refractivity contribution is 7.18. The maximum atomic E-state index is 11.9. The van der Waals surface area contributed by atoms with Gasteiger partial charge in [-0.05, 0) is 31.5 Å². The highest BCUT2D eigenvalue weighted by Gasteiger charge is 2.30. The number of aromatic nitrogens is 1. The van der Waals surface area contributed by atoms with Crippen molar-refractivity contribution in [1.82, 2.24) is 20.5 Å². The maximum Gasteiger partial charge on any atom is 0.321 e. The zero-order valence-corrected chi connectivity index (χ0v) is 13.2. The third-order valence-electron chi connectivity index (χ3n) is 3.79. The predicted molar refractivity (Wildman–Crippen MR) is 85.8 cm³/mol. The van der Waals surface area contributed by atoms with Gasteiger partial charge in [0.1, 0.15) is 5.01 Å². The van der Waals surface area contributed by atoms with Crippen molar-refractivity contribution in [2.75, 3.05) is 20.1 Å². The second-order valence-corrected chi connectivity index (χ2v) is 6.34. The maximum absolute atomic E-state index is 11.9. The van der Waals surface area contributed by atoms with Crippen LogP contribution in [0.5, 0.6) is 0 Å². The fourth-order valence-corrected chi connectivity index (χ4v) is 3.88. The minimum Gasteiger partial charge on any atom is -0.341 e. The smallest absolute Gasteiger partial charge is 0.321 e. The highest BCUT2D eigenvalue weighted by atomic mass is 32.1. The number of fused-ring (bicyclic) bond motifs is 1. The number of likely N-dealkylation sites (tertiary alicyclic amines) is 1. The summed E-state index contributed by atoms with van der Waals surface area (Å²) < 4.78 is 1.17. The Morgan fingerprint density at radius 2 is 2.23 bits per heavy atom. The third-order valence-corrected chi connectivity index (χ3v) is 4.92. The molecule has 3 amide bonds. The predicted octanol–water partition coefficient (Wildman–Crippen LogP) is 1.89. The van der Waals surface area contributed by atoms with Crippen LogP contribution in [-0.4, -0.2) is 42.0 Å². The van der Waals surface area contributed by atoms with Gasteiger partial charge in [0, 0.05) is 7.05 Å². The SMILES string of the molecule is CNC(=O)NC(=O)CN1CCC[C@@H]1c1nc2ccccc2s1. The Labute approximate surface area is 132 Å². The molecule has 1 fully saturated rings. The van der Waals surface area contributed by atoms with E-state index in [1.807, 2.05) is 18.2 Å². The monoisotopic (exact) mass is 318 g/mol. The molecular weight excluding hydrogens is 300 g/mol. The summed E-state index contributed by atoms with van der Waals surface area (Å²) in [7, 11) is 1.49. The molecule has 2 N–H and O–H groups in total. The van der Waals surface area contributed by atoms with Crippen molar-refractivity contribution in [3.8, 4) is 0 Å². The normalized spacial score (nSPS) is 18.5. The van der Waals surface area contributed by atoms with Crippen molar-refractivity contribution in [3.05, 3.63) is 29.3 Å². The van der Waals surface area contributed by atoms with Crippen molar-refractivity contribution in [2.45, 2.75) is 18.9 Å². The van der Waals surface area contributed by atoms with Gasteiger partial charge in [-0.15, -0.1) is 11.3 Å². The summed E-state index contributed by atoms with van der Waals surface area (Å²) >= 11 is 1.68. The van der Waals surface area contributed by atoms with Crippen LogP contribution in [-0.2, 0) is 4.79 Å². The molecule has 0 saturated carbocycles. The van der Waals surface area contributed by atoms with Gasteiger partial charge in [-0.2, -0.15) is 0 Å². The number of carbonyl (C=O) groups is 2. The molecule has 0 aliphatic carbocycles. The first kappa shape index (κ1) is 14.9. The molecule has 0 unspecified atom stereocenters. The van der Waals surface area contributed by atoms with E-state index in [-0.39, 0.29) is 18.5 Å². The average Bonchev–Trinajstić information content (AvgIpc) is 3.12. The van der Waals surface area contributed by atoms with Gasteiger partial charge < -0.3 is 5.32 Å². The summed E-state index contributed by atoms with van der Waals surface area (Å²) in [5, 5.41) is 5.74. The van der Waals surface area contributed by atoms with E-state index in [0.29, 0.717) is 0 Å². The van der Waals surface area contributed by atoms with Crippen molar-refractivity contribution in [3.63, 3.8) is 0 Å². The zero-order valence-electron chi connectivity index (χ0n) is 12.3. The molecule has 3 rings (SSSR count). The fourth-order valence-electron chi connectivity index (χ4n) is 2.74. The van der Waals surface area contributed by atoms with Crippen LogP contribution in [0.2, 0.25) is 0 Å². The van der Waals surface area contributed by atoms with Crippen LogP contribution in [0, 0.1) is 0 Å². The second kappa shape index (κ2) is 6.41. The molecule has 2 heterocycles. The first-order valence-corrected chi connectivity index (χ1v) is 8.10. The number of benzene rings is 1. The molecule has 1 saturated heterocycles. The number of thiazole rings is 1. The fraction of sp³-hybridized carbons (Fsp3) is 0.400. The minimum absolute atomic E-state index is 0.160. The molecule has 22 heavy (non-hydrogen) atoms. The lowest BCUT2D eigenvalue weighted by molar-refractivity contribution is -0.121. The molecule has 1 aromatic carbocycles. The van der Waals surface area contributed by atoms with Crippen molar-refractivity contribution >= 4 is 33.5 Å². The van der Waals surface area contributed by atoms with E-state index in [9.17, 15) is 9.59 Å². The van der Waals surface area contributed by atoms with Crippen LogP contribution in [0.1, 0.15) is 23.9 Å². The lowest BCUT2D eigenvalue weighted by atomic mass is 10.2. The van der Waals surface area contributed by atoms with Crippen LogP contribution in [0.25, 0.3) is 10.2 Å². The standard InChI is InChI=1S/C15H18N4O2S/c1-16-15(21)18-13(20)9-19-8-4-6-11(19)14-17-10-5-2-3-7-12(10)22-14/h2-3,5,7,11H,4,6,8-9H2,1H3,(H2,16,18,20,21)/t11-/m1/s1. The lowest BCUT2D eigenvalue weighted by Crippen LogP contribution is -2.43. The van der Waals surface area contributed by atoms with Crippen molar-refractivity contribution < 1.29 is 9.59 Å². The van der Waals surface area contributed by atoms with E-state index in [2.05, 4.69) is 21.6 Å². The Kier molecular flexibility index (Phi) is 4.35. The van der Waals surface area contributed by atoms with Crippen molar-refractivity contribution in [2.24, 2.45) is 0 Å². The number of imide groups is 1. The third kappa shape index (κ3) is 3.10. The van der Waals surface area contributed by atoms with Gasteiger partial charge in [0.15, 0.2) is 0 Å². The summed E-state index contributed by atoms with van der Waals surface area (Å²) in [6.45, 7) is 1.07. The van der Waals surface area contributed by atoms with Crippen LogP contribution >= 0.6 is 11.3 Å². The second-order valence-electron chi connectivity index (χ2n) is 5.28. The molecule has 116 valence electrons. The first-order chi connectivity index (χ1) is 10.7. The summed E-state index contributed by atoms with van der Waals surface area (Å²) in [5.74, 6) is -0.285. The zero-order chi connectivity index (χ0) is 15.5. The van der Waals surface area contributed by atoms with Gasteiger partial charge in [0.2, 0.25) is 5.91 Å². The molecule has 1 aliphatic heterocycles. The summed E-state index contributed by atoms with van der Waals surface area (Å²) in [6, 6.07) is 7.75. The lowest BCUT2D eigenvalue weighted by Gasteiger charge is -2.21. The number of amides is 3. The molecule has 2 aromatic rings. The van der Waals surface area contributed by atoms with E-state index in [0.717, 1.165) is 29.9 Å². The van der Waals surface area contributed by atoms with Crippen LogP contribution in [0.3, 0.4) is 0 Å². The molecule has 1 aromatic heterocycles. The molecule has 0 spiro atoms. The molecule has 0 radical (unpaired) electrons. The molecule has 1 aliphatic rings. The topological polar surface area (TPSA) is 74.3 Å². The average molecular weight is 318 g/mol. The minimum atomic E-state index is -0.472. The quantitative estimate of drug-likeness (QED) is 0.906. The molecule has 1 atom stereocenters. The highest BCUT2D eigenvalue weighted by Crippen LogP contribution is 2.35. The number of rotatable bonds is 3. The number of urea groups is 1. The molecule has 0 bridgehead atoms. The Morgan fingerprint density at radius 1 is 1.41 bits per heavy atom. The van der Waals surface area contributed by atoms with Crippen LogP contribution in [0.15, 0.2) is 24.3 Å². The number of hydrogen-bond acceptors (Lipinski definition) is 5. The van der Waals surface area contributed by atoms with E-state index >= 15 is 0 Å². The Balaban J connectivity index is 1.72. The van der Waals surface area contributed by atoms with E-state index in [1.165, 1.54) is 11.7 Å². The van der Waals surface area contributed by atoms with Gasteiger partial charge in [-0.25, -0.2) is 9.78 Å². The van der Waals surface area contributed by atoms with Crippen LogP contribution < -0.4 is 10.6 Å². The summed E-state index contributed by atoms with van der Waals surface area (Å²) in [6.07, 6.45) is 2.03. The number of nitrogens with zero attached hydrogens (tertiary/aromatic N) is 2. The number of hydrogen-bond donors (Lipinski definition) is 2. The van der Waals surface area contributed by atoms with E-state index in [1.54, 1.807) is 11.3 Å². The van der Waals surface area contributed by atoms with Gasteiger partial charge in [-0.3, -0.25) is 15.0 Å². The van der Waals surface area contributed by atoms with E-state index in [4.69, 9.17) is 4.98 Å². The summed E-state index contributed by atoms with van der Waals surface area (Å²) in [4.78, 5) is 29.9.